The van der Waals surface area contributed by atoms with Crippen LogP contribution in [-0.4, -0.2) is 18.2 Å². The number of aliphatic carboxylic acids is 1. The molecule has 0 fully saturated rings. The van der Waals surface area contributed by atoms with Crippen molar-refractivity contribution in [2.75, 3.05) is 7.11 Å². The van der Waals surface area contributed by atoms with Crippen LogP contribution in [0.5, 0.6) is 5.75 Å². The van der Waals surface area contributed by atoms with E-state index in [2.05, 4.69) is 10.0 Å². The Morgan fingerprint density at radius 1 is 1.67 bits per heavy atom. The number of ether oxygens (including phenoxy) is 1. The van der Waals surface area contributed by atoms with Crippen LogP contribution in [0.15, 0.2) is 22.9 Å². The normalized spacial score (nSPS) is 10.7. The number of nitrogens with zero attached hydrogens (tertiary/aromatic N) is 3. The highest BCUT2D eigenvalue weighted by atomic mass is 35.5. The highest BCUT2D eigenvalue weighted by Crippen LogP contribution is 2.28. The van der Waals surface area contributed by atoms with E-state index in [9.17, 15) is 9.18 Å². The summed E-state index contributed by atoms with van der Waals surface area (Å²) in [5.74, 6) is -2.02. The molecule has 0 heterocycles. The summed E-state index contributed by atoms with van der Waals surface area (Å²) >= 11 is 5.55. The maximum absolute atomic E-state index is 13.3. The van der Waals surface area contributed by atoms with Crippen molar-refractivity contribution in [3.8, 4) is 5.75 Å². The Hall–Kier alpha value is -2.24. The zero-order chi connectivity index (χ0) is 13.7. The first-order valence-corrected chi connectivity index (χ1v) is 4.90. The third-order valence-electron chi connectivity index (χ3n) is 1.94. The lowest BCUT2D eigenvalue weighted by Gasteiger charge is -2.06. The number of carboxylic acid groups (broad SMARTS) is 1. The van der Waals surface area contributed by atoms with E-state index in [0.29, 0.717) is 0 Å². The highest BCUT2D eigenvalue weighted by Gasteiger charge is 2.11. The molecule has 1 aromatic carbocycles. The van der Waals surface area contributed by atoms with Crippen molar-refractivity contribution in [1.29, 1.82) is 0 Å². The largest absolute Gasteiger partial charge is 0.496 e. The molecule has 0 atom stereocenters. The van der Waals surface area contributed by atoms with Gasteiger partial charge < -0.3 is 9.84 Å². The second-order valence-electron chi connectivity index (χ2n) is 3.03. The average Bonchev–Trinajstić information content (AvgIpc) is 2.32. The van der Waals surface area contributed by atoms with E-state index in [1.165, 1.54) is 13.2 Å². The van der Waals surface area contributed by atoms with E-state index in [4.69, 9.17) is 27.0 Å². The van der Waals surface area contributed by atoms with Crippen LogP contribution in [0, 0.1) is 5.82 Å². The SMILES string of the molecule is COc1cc(Cl)c(F)cc1/C=C(\N=[N+]=[N-])C(=O)O. The van der Waals surface area contributed by atoms with Crippen molar-refractivity contribution < 1.29 is 19.0 Å². The van der Waals surface area contributed by atoms with Gasteiger partial charge >= 0.3 is 5.97 Å². The van der Waals surface area contributed by atoms with Gasteiger partial charge in [-0.1, -0.05) is 16.7 Å². The van der Waals surface area contributed by atoms with Crippen LogP contribution in [0.1, 0.15) is 5.56 Å². The molecule has 0 aliphatic heterocycles. The Labute approximate surface area is 106 Å². The van der Waals surface area contributed by atoms with Gasteiger partial charge in [0.05, 0.1) is 12.1 Å². The van der Waals surface area contributed by atoms with Crippen LogP contribution in [0.2, 0.25) is 5.02 Å². The molecule has 0 aliphatic rings. The average molecular weight is 272 g/mol. The Bertz CT molecular complexity index is 564. The second-order valence-corrected chi connectivity index (χ2v) is 3.44. The highest BCUT2D eigenvalue weighted by molar-refractivity contribution is 6.30. The van der Waals surface area contributed by atoms with Gasteiger partial charge in [0.15, 0.2) is 0 Å². The smallest absolute Gasteiger partial charge is 0.338 e. The van der Waals surface area contributed by atoms with Crippen molar-refractivity contribution in [3.05, 3.63) is 44.7 Å². The Morgan fingerprint density at radius 2 is 2.33 bits per heavy atom. The molecule has 18 heavy (non-hydrogen) atoms. The number of carbonyl (C=O) groups is 1. The summed E-state index contributed by atoms with van der Waals surface area (Å²) in [7, 11) is 1.31. The summed E-state index contributed by atoms with van der Waals surface area (Å²) in [6, 6.07) is 2.18. The van der Waals surface area contributed by atoms with Gasteiger partial charge in [0.2, 0.25) is 0 Å². The van der Waals surface area contributed by atoms with Gasteiger partial charge in [-0.3, -0.25) is 0 Å². The van der Waals surface area contributed by atoms with Crippen LogP contribution < -0.4 is 4.74 Å². The van der Waals surface area contributed by atoms with Crippen LogP contribution in [0.25, 0.3) is 16.5 Å². The molecule has 0 aliphatic carbocycles. The van der Waals surface area contributed by atoms with Crippen LogP contribution >= 0.6 is 11.6 Å². The molecule has 94 valence electrons. The molecule has 0 spiro atoms. The minimum atomic E-state index is -1.44. The van der Waals surface area contributed by atoms with Gasteiger partial charge in [0.25, 0.3) is 0 Å². The van der Waals surface area contributed by atoms with Gasteiger partial charge in [-0.15, -0.1) is 0 Å². The van der Waals surface area contributed by atoms with Gasteiger partial charge in [-0.25, -0.2) is 9.18 Å². The summed E-state index contributed by atoms with van der Waals surface area (Å²) in [6.07, 6.45) is 0.986. The topological polar surface area (TPSA) is 95.3 Å². The Kier molecular flexibility index (Phi) is 4.53. The van der Waals surface area contributed by atoms with E-state index in [1.807, 2.05) is 0 Å². The van der Waals surface area contributed by atoms with Crippen LogP contribution in [-0.2, 0) is 4.79 Å². The molecular formula is C10H7ClFN3O3. The quantitative estimate of drug-likeness (QED) is 0.394. The molecule has 0 radical (unpaired) electrons. The van der Waals surface area contributed by atoms with E-state index in [1.54, 1.807) is 0 Å². The van der Waals surface area contributed by atoms with Crippen molar-refractivity contribution in [1.82, 2.24) is 0 Å². The molecule has 1 N–H and O–H groups in total. The summed E-state index contributed by atoms with van der Waals surface area (Å²) in [5.41, 5.74) is 7.73. The molecular weight excluding hydrogens is 265 g/mol. The van der Waals surface area contributed by atoms with E-state index < -0.39 is 17.5 Å². The number of hydrogen-bond acceptors (Lipinski definition) is 3. The van der Waals surface area contributed by atoms with Crippen molar-refractivity contribution in [2.24, 2.45) is 5.11 Å². The molecule has 8 heteroatoms. The molecule has 1 aromatic rings. The van der Waals surface area contributed by atoms with Crippen LogP contribution in [0.3, 0.4) is 0 Å². The predicted molar refractivity (Wildman–Crippen MR) is 62.7 cm³/mol. The predicted octanol–water partition coefficient (Wildman–Crippen LogP) is 3.22. The third kappa shape index (κ3) is 3.13. The molecule has 0 bridgehead atoms. The van der Waals surface area contributed by atoms with E-state index >= 15 is 0 Å². The lowest BCUT2D eigenvalue weighted by molar-refractivity contribution is -0.132. The molecule has 1 rings (SSSR count). The van der Waals surface area contributed by atoms with Crippen molar-refractivity contribution >= 4 is 23.6 Å². The van der Waals surface area contributed by atoms with Gasteiger partial charge in [0, 0.05) is 16.5 Å². The molecule has 0 saturated heterocycles. The maximum atomic E-state index is 13.3. The molecule has 0 unspecified atom stereocenters. The third-order valence-corrected chi connectivity index (χ3v) is 2.23. The Balaban J connectivity index is 3.40. The zero-order valence-corrected chi connectivity index (χ0v) is 9.85. The number of halogens is 2. The fraction of sp³-hybridized carbons (Fsp3) is 0.100. The maximum Gasteiger partial charge on any atom is 0.338 e. The second kappa shape index (κ2) is 5.90. The first kappa shape index (κ1) is 13.8. The molecule has 0 aromatic heterocycles. The summed E-state index contributed by atoms with van der Waals surface area (Å²) in [6.45, 7) is 0. The van der Waals surface area contributed by atoms with E-state index in [0.717, 1.165) is 12.1 Å². The molecule has 0 amide bonds. The molecule has 0 saturated carbocycles. The minimum absolute atomic E-state index is 0.101. The standard InChI is InChI=1S/C10H7ClFN3O3/c1-18-9-4-6(11)7(12)2-5(9)3-8(10(16)17)14-15-13/h2-4H,1H3,(H,16,17)/b8-3-. The lowest BCUT2D eigenvalue weighted by Crippen LogP contribution is -1.98. The summed E-state index contributed by atoms with van der Waals surface area (Å²) < 4.78 is 18.2. The summed E-state index contributed by atoms with van der Waals surface area (Å²) in [4.78, 5) is 13.1. The van der Waals surface area contributed by atoms with E-state index in [-0.39, 0.29) is 16.3 Å². The lowest BCUT2D eigenvalue weighted by atomic mass is 10.1. The fourth-order valence-electron chi connectivity index (χ4n) is 1.16. The first-order valence-electron chi connectivity index (χ1n) is 4.52. The van der Waals surface area contributed by atoms with Crippen molar-refractivity contribution in [2.45, 2.75) is 0 Å². The van der Waals surface area contributed by atoms with Gasteiger partial charge in [0.1, 0.15) is 17.3 Å². The number of hydrogen-bond donors (Lipinski definition) is 1. The number of azide groups is 1. The number of benzene rings is 1. The molecule has 6 nitrogen and oxygen atoms in total. The number of methoxy groups -OCH3 is 1. The van der Waals surface area contributed by atoms with Crippen LogP contribution in [0.4, 0.5) is 4.39 Å². The minimum Gasteiger partial charge on any atom is -0.496 e. The summed E-state index contributed by atoms with van der Waals surface area (Å²) in [5, 5.41) is 11.6. The van der Waals surface area contributed by atoms with Crippen molar-refractivity contribution in [3.63, 3.8) is 0 Å². The number of rotatable bonds is 4. The van der Waals surface area contributed by atoms with Gasteiger partial charge in [-0.2, -0.15) is 0 Å². The number of carboxylic acids is 1. The van der Waals surface area contributed by atoms with Gasteiger partial charge in [-0.05, 0) is 17.7 Å². The zero-order valence-electron chi connectivity index (χ0n) is 9.09. The first-order chi connectivity index (χ1) is 8.49. The monoisotopic (exact) mass is 271 g/mol. The fourth-order valence-corrected chi connectivity index (χ4v) is 1.32. The Morgan fingerprint density at radius 3 is 2.83 bits per heavy atom.